The monoisotopic (exact) mass is 444 g/mol. The number of piperidine rings is 1. The molecule has 2 atom stereocenters. The van der Waals surface area contributed by atoms with Gasteiger partial charge in [0.2, 0.25) is 0 Å². The van der Waals surface area contributed by atoms with Crippen LogP contribution in [0.3, 0.4) is 0 Å². The Morgan fingerprint density at radius 1 is 1.03 bits per heavy atom. The third-order valence-corrected chi connectivity index (χ3v) is 5.77. The number of aliphatic hydroxyl groups excluding tert-OH is 2. The number of carbonyl (C=O) groups is 2. The highest BCUT2D eigenvalue weighted by molar-refractivity contribution is 5.69. The quantitative estimate of drug-likeness (QED) is 0.596. The molecule has 0 radical (unpaired) electrons. The number of nitrogens with zero attached hydrogens (tertiary/aromatic N) is 1. The Hall–Kier alpha value is -1.58. The van der Waals surface area contributed by atoms with E-state index in [0.717, 1.165) is 0 Å². The van der Waals surface area contributed by atoms with Crippen LogP contribution in [0.5, 0.6) is 0 Å². The lowest BCUT2D eigenvalue weighted by Gasteiger charge is -2.43. The second-order valence-electron chi connectivity index (χ2n) is 10.7. The lowest BCUT2D eigenvalue weighted by atomic mass is 9.74. The van der Waals surface area contributed by atoms with Crippen LogP contribution in [-0.4, -0.2) is 83.1 Å². The second-order valence-corrected chi connectivity index (χ2v) is 10.7. The van der Waals surface area contributed by atoms with E-state index in [1.807, 2.05) is 41.5 Å². The number of hydrogen-bond donors (Lipinski definition) is 3. The van der Waals surface area contributed by atoms with E-state index in [9.17, 15) is 19.8 Å². The Balaban J connectivity index is 2.09. The lowest BCUT2D eigenvalue weighted by Crippen LogP contribution is -2.52. The minimum atomic E-state index is -0.649. The fourth-order valence-corrected chi connectivity index (χ4v) is 4.39. The third-order valence-electron chi connectivity index (χ3n) is 5.77. The van der Waals surface area contributed by atoms with Crippen LogP contribution in [-0.2, 0) is 14.2 Å². The van der Waals surface area contributed by atoms with Crippen molar-refractivity contribution in [3.63, 3.8) is 0 Å². The largest absolute Gasteiger partial charge is 0.444 e. The maximum Gasteiger partial charge on any atom is 0.410 e. The molecule has 3 N–H and O–H groups in total. The molecule has 2 rings (SSSR count). The summed E-state index contributed by atoms with van der Waals surface area (Å²) in [4.78, 5) is 26.6. The minimum absolute atomic E-state index is 0.189. The predicted molar refractivity (Wildman–Crippen MR) is 115 cm³/mol. The number of carbonyl (C=O) groups excluding carboxylic acids is 2. The van der Waals surface area contributed by atoms with Gasteiger partial charge in [0.1, 0.15) is 17.3 Å². The zero-order valence-electron chi connectivity index (χ0n) is 19.8. The van der Waals surface area contributed by atoms with Crippen LogP contribution >= 0.6 is 0 Å². The van der Waals surface area contributed by atoms with Crippen molar-refractivity contribution in [2.24, 2.45) is 5.41 Å². The highest BCUT2D eigenvalue weighted by Crippen LogP contribution is 2.48. The van der Waals surface area contributed by atoms with Crippen molar-refractivity contribution in [3.8, 4) is 0 Å². The van der Waals surface area contributed by atoms with Crippen LogP contribution in [0.4, 0.5) is 9.59 Å². The molecule has 0 unspecified atom stereocenters. The van der Waals surface area contributed by atoms with Crippen LogP contribution in [0.25, 0.3) is 0 Å². The number of rotatable bonds is 5. The van der Waals surface area contributed by atoms with Gasteiger partial charge in [0.15, 0.2) is 0 Å². The lowest BCUT2D eigenvalue weighted by molar-refractivity contribution is -0.0657. The number of ether oxygens (including phenoxy) is 3. The summed E-state index contributed by atoms with van der Waals surface area (Å²) in [6.45, 7) is 11.5. The Morgan fingerprint density at radius 3 is 2.06 bits per heavy atom. The first kappa shape index (κ1) is 25.7. The first-order valence-corrected chi connectivity index (χ1v) is 11.1. The molecular weight excluding hydrogens is 404 g/mol. The molecule has 1 spiro atoms. The highest BCUT2D eigenvalue weighted by Gasteiger charge is 2.51. The third kappa shape index (κ3) is 7.50. The molecule has 0 aromatic heterocycles. The van der Waals surface area contributed by atoms with Gasteiger partial charge in [-0.2, -0.15) is 0 Å². The number of hydrogen-bond acceptors (Lipinski definition) is 7. The van der Waals surface area contributed by atoms with Gasteiger partial charge < -0.3 is 34.6 Å². The summed E-state index contributed by atoms with van der Waals surface area (Å²) < 4.78 is 16.8. The van der Waals surface area contributed by atoms with Gasteiger partial charge in [0, 0.05) is 19.1 Å². The fourth-order valence-electron chi connectivity index (χ4n) is 4.39. The molecule has 0 aromatic carbocycles. The molecule has 0 bridgehead atoms. The topological polar surface area (TPSA) is 118 Å². The van der Waals surface area contributed by atoms with Gasteiger partial charge >= 0.3 is 12.2 Å². The van der Waals surface area contributed by atoms with Crippen molar-refractivity contribution in [1.29, 1.82) is 0 Å². The maximum atomic E-state index is 12.5. The van der Waals surface area contributed by atoms with E-state index in [-0.39, 0.29) is 36.9 Å². The zero-order chi connectivity index (χ0) is 23.4. The molecule has 31 heavy (non-hydrogen) atoms. The van der Waals surface area contributed by atoms with E-state index in [4.69, 9.17) is 14.2 Å². The predicted octanol–water partition coefficient (Wildman–Crippen LogP) is 2.43. The number of amides is 2. The Morgan fingerprint density at radius 2 is 1.58 bits per heavy atom. The summed E-state index contributed by atoms with van der Waals surface area (Å²) >= 11 is 0. The summed E-state index contributed by atoms with van der Waals surface area (Å²) in [5.74, 6) is 0. The number of nitrogens with one attached hydrogen (secondary N) is 1. The van der Waals surface area contributed by atoms with E-state index >= 15 is 0 Å². The van der Waals surface area contributed by atoms with Crippen LogP contribution in [0.2, 0.25) is 0 Å². The molecule has 2 aliphatic rings. The SMILES string of the molecule is CC(C)(C)OC(=O)N[C@@H]1C[C@H](OC(CO)CO)CC12CCN(C(=O)OC(C)(C)C)CC2. The second kappa shape index (κ2) is 9.92. The van der Waals surface area contributed by atoms with Gasteiger partial charge in [-0.25, -0.2) is 9.59 Å². The summed E-state index contributed by atoms with van der Waals surface area (Å²) in [5.41, 5.74) is -1.41. The molecule has 1 saturated carbocycles. The fraction of sp³-hybridized carbons (Fsp3) is 0.909. The molecule has 1 saturated heterocycles. The average molecular weight is 445 g/mol. The Kier molecular flexibility index (Phi) is 8.21. The number of likely N-dealkylation sites (tertiary alicyclic amines) is 1. The first-order valence-electron chi connectivity index (χ1n) is 11.1. The highest BCUT2D eigenvalue weighted by atomic mass is 16.6. The molecule has 1 aliphatic heterocycles. The summed E-state index contributed by atoms with van der Waals surface area (Å²) in [7, 11) is 0. The Labute approximate surface area is 185 Å². The van der Waals surface area contributed by atoms with Crippen LogP contribution in [0, 0.1) is 5.41 Å². The van der Waals surface area contributed by atoms with Crippen molar-refractivity contribution in [2.75, 3.05) is 26.3 Å². The summed E-state index contributed by atoms with van der Waals surface area (Å²) in [6.07, 6.45) is 0.944. The van der Waals surface area contributed by atoms with E-state index < -0.39 is 23.4 Å². The minimum Gasteiger partial charge on any atom is -0.444 e. The molecule has 9 nitrogen and oxygen atoms in total. The molecule has 0 aromatic rings. The van der Waals surface area contributed by atoms with Crippen molar-refractivity contribution in [3.05, 3.63) is 0 Å². The first-order chi connectivity index (χ1) is 14.3. The molecule has 2 amide bonds. The maximum absolute atomic E-state index is 12.5. The van der Waals surface area contributed by atoms with Gasteiger partial charge in [-0.1, -0.05) is 0 Å². The van der Waals surface area contributed by atoms with Crippen LogP contribution < -0.4 is 5.32 Å². The number of alkyl carbamates (subject to hydrolysis) is 1. The molecular formula is C22H40N2O7. The van der Waals surface area contributed by atoms with Gasteiger partial charge in [-0.05, 0) is 72.6 Å². The Bertz CT molecular complexity index is 614. The molecule has 2 fully saturated rings. The standard InChI is InChI=1S/C22H40N2O7/c1-20(2,3)30-18(27)23-17-11-15(29-16(13-25)14-26)12-22(17)7-9-24(10-8-22)19(28)31-21(4,5)6/h15-17,25-26H,7-14H2,1-6H3,(H,23,27)/t15-,17+/m0/s1. The van der Waals surface area contributed by atoms with Gasteiger partial charge in [-0.15, -0.1) is 0 Å². The molecule has 9 heteroatoms. The summed E-state index contributed by atoms with van der Waals surface area (Å²) in [6, 6.07) is -0.189. The van der Waals surface area contributed by atoms with Crippen LogP contribution in [0.15, 0.2) is 0 Å². The van der Waals surface area contributed by atoms with Gasteiger partial charge in [0.25, 0.3) is 0 Å². The van der Waals surface area contributed by atoms with Crippen molar-refractivity contribution < 1.29 is 34.0 Å². The van der Waals surface area contributed by atoms with Crippen molar-refractivity contribution >= 4 is 12.2 Å². The molecule has 1 heterocycles. The van der Waals surface area contributed by atoms with E-state index in [2.05, 4.69) is 5.32 Å². The van der Waals surface area contributed by atoms with Crippen molar-refractivity contribution in [2.45, 2.75) is 96.7 Å². The average Bonchev–Trinajstić information content (AvgIpc) is 2.93. The van der Waals surface area contributed by atoms with Crippen molar-refractivity contribution in [1.82, 2.24) is 10.2 Å². The van der Waals surface area contributed by atoms with E-state index in [0.29, 0.717) is 38.8 Å². The number of aliphatic hydroxyl groups is 2. The van der Waals surface area contributed by atoms with Crippen LogP contribution in [0.1, 0.15) is 67.2 Å². The smallest absolute Gasteiger partial charge is 0.410 e. The van der Waals surface area contributed by atoms with E-state index in [1.165, 1.54) is 0 Å². The van der Waals surface area contributed by atoms with E-state index in [1.54, 1.807) is 4.90 Å². The van der Waals surface area contributed by atoms with Gasteiger partial charge in [-0.3, -0.25) is 0 Å². The normalized spacial score (nSPS) is 23.8. The molecule has 180 valence electrons. The summed E-state index contributed by atoms with van der Waals surface area (Å²) in [5, 5.41) is 21.8. The zero-order valence-corrected chi connectivity index (χ0v) is 19.8. The van der Waals surface area contributed by atoms with Gasteiger partial charge in [0.05, 0.1) is 19.3 Å². The molecule has 1 aliphatic carbocycles.